The van der Waals surface area contributed by atoms with Crippen LogP contribution in [0.4, 0.5) is 5.69 Å². The lowest BCUT2D eigenvalue weighted by atomic mass is 10.2. The summed E-state index contributed by atoms with van der Waals surface area (Å²) >= 11 is 3.37. The van der Waals surface area contributed by atoms with Gasteiger partial charge in [0.15, 0.2) is 6.21 Å². The quantitative estimate of drug-likeness (QED) is 0.190. The normalized spacial score (nSPS) is 11.5. The van der Waals surface area contributed by atoms with Gasteiger partial charge in [-0.15, -0.1) is 11.8 Å². The molecule has 0 spiro atoms. The fourth-order valence-electron chi connectivity index (χ4n) is 2.19. The summed E-state index contributed by atoms with van der Waals surface area (Å²) in [5.41, 5.74) is 1.52. The van der Waals surface area contributed by atoms with Gasteiger partial charge in [-0.25, -0.2) is 0 Å². The molecule has 0 aliphatic rings. The van der Waals surface area contributed by atoms with Gasteiger partial charge in [0.1, 0.15) is 0 Å². The van der Waals surface area contributed by atoms with Gasteiger partial charge in [-0.1, -0.05) is 30.0 Å². The van der Waals surface area contributed by atoms with Gasteiger partial charge < -0.3 is 5.21 Å². The van der Waals surface area contributed by atoms with Gasteiger partial charge >= 0.3 is 0 Å². The monoisotopic (exact) mass is 351 g/mol. The molecule has 0 aliphatic carbocycles. The summed E-state index contributed by atoms with van der Waals surface area (Å²) in [7, 11) is 0. The van der Waals surface area contributed by atoms with Crippen molar-refractivity contribution in [2.24, 2.45) is 0 Å². The maximum Gasteiger partial charge on any atom is 0.216 e. The molecule has 120 valence electrons. The second-order valence-electron chi connectivity index (χ2n) is 5.14. The molecule has 0 N–H and O–H groups in total. The minimum Gasteiger partial charge on any atom is -0.618 e. The third-order valence-corrected chi connectivity index (χ3v) is 5.21. The zero-order chi connectivity index (χ0) is 16.8. The number of hydrogen-bond acceptors (Lipinski definition) is 3. The maximum atomic E-state index is 12.3. The Bertz CT molecular complexity index is 813. The van der Waals surface area contributed by atoms with Crippen molar-refractivity contribution in [2.45, 2.75) is 14.7 Å². The Morgan fingerprint density at radius 2 is 1.33 bits per heavy atom. The van der Waals surface area contributed by atoms with Crippen molar-refractivity contribution in [3.8, 4) is 0 Å². The van der Waals surface area contributed by atoms with Gasteiger partial charge in [0.25, 0.3) is 0 Å². The predicted molar refractivity (Wildman–Crippen MR) is 104 cm³/mol. The first kappa shape index (κ1) is 16.7. The van der Waals surface area contributed by atoms with Gasteiger partial charge in [0.05, 0.1) is 0 Å². The third-order valence-electron chi connectivity index (χ3n) is 3.45. The van der Waals surface area contributed by atoms with Gasteiger partial charge in [-0.2, -0.15) is 4.74 Å². The van der Waals surface area contributed by atoms with Crippen LogP contribution in [-0.4, -0.2) is 17.2 Å². The van der Waals surface area contributed by atoms with E-state index in [-0.39, 0.29) is 0 Å². The van der Waals surface area contributed by atoms with E-state index in [0.29, 0.717) is 5.69 Å². The van der Waals surface area contributed by atoms with Crippen LogP contribution in [0.1, 0.15) is 5.56 Å². The Morgan fingerprint density at radius 1 is 0.750 bits per heavy atom. The highest BCUT2D eigenvalue weighted by Crippen LogP contribution is 2.28. The summed E-state index contributed by atoms with van der Waals surface area (Å²) in [6, 6.07) is 25.8. The van der Waals surface area contributed by atoms with E-state index in [2.05, 4.69) is 12.1 Å². The van der Waals surface area contributed by atoms with Crippen LogP contribution in [0.15, 0.2) is 93.5 Å². The number of benzene rings is 3. The van der Waals surface area contributed by atoms with E-state index in [1.54, 1.807) is 29.7 Å². The molecule has 24 heavy (non-hydrogen) atoms. The maximum absolute atomic E-state index is 12.3. The fraction of sp³-hybridized carbons (Fsp3) is 0.0500. The molecule has 0 atom stereocenters. The molecule has 4 heteroatoms. The largest absolute Gasteiger partial charge is 0.618 e. The number of nitrogens with zero attached hydrogens (tertiary/aromatic N) is 1. The molecule has 2 nitrogen and oxygen atoms in total. The van der Waals surface area contributed by atoms with Crippen LogP contribution in [0.3, 0.4) is 0 Å². The first-order valence-corrected chi connectivity index (χ1v) is 9.57. The molecule has 0 aliphatic heterocycles. The molecule has 0 amide bonds. The second-order valence-corrected chi connectivity index (χ2v) is 7.16. The highest BCUT2D eigenvalue weighted by molar-refractivity contribution is 7.99. The molecule has 0 unspecified atom stereocenters. The summed E-state index contributed by atoms with van der Waals surface area (Å²) < 4.78 is 0.908. The number of thioether (sulfide) groups is 1. The van der Waals surface area contributed by atoms with E-state index in [1.807, 2.05) is 73.0 Å². The van der Waals surface area contributed by atoms with Crippen molar-refractivity contribution in [2.75, 3.05) is 6.26 Å². The van der Waals surface area contributed by atoms with E-state index < -0.39 is 0 Å². The summed E-state index contributed by atoms with van der Waals surface area (Å²) in [5, 5.41) is 12.3. The molecule has 0 saturated heterocycles. The number of hydrogen-bond donors (Lipinski definition) is 0. The van der Waals surface area contributed by atoms with Crippen LogP contribution in [0.2, 0.25) is 0 Å². The summed E-state index contributed by atoms with van der Waals surface area (Å²) in [6.45, 7) is 0. The number of rotatable bonds is 5. The summed E-state index contributed by atoms with van der Waals surface area (Å²) in [4.78, 5) is 3.49. The lowest BCUT2D eigenvalue weighted by molar-refractivity contribution is -0.354. The van der Waals surface area contributed by atoms with Crippen molar-refractivity contribution in [1.82, 2.24) is 0 Å². The molecular weight excluding hydrogens is 334 g/mol. The van der Waals surface area contributed by atoms with Gasteiger partial charge in [-0.05, 0) is 54.8 Å². The SMILES string of the molecule is CSc1ccc(/C=[N+](\[O-])c2ccc(Sc3ccccc3)cc2)cc1. The Balaban J connectivity index is 1.73. The molecular formula is C20H17NOS2. The predicted octanol–water partition coefficient (Wildman–Crippen LogP) is 5.82. The first-order valence-electron chi connectivity index (χ1n) is 7.53. The van der Waals surface area contributed by atoms with Crippen LogP contribution in [0, 0.1) is 5.21 Å². The van der Waals surface area contributed by atoms with E-state index in [1.165, 1.54) is 9.79 Å². The Kier molecular flexibility index (Phi) is 5.62. The standard InChI is InChI=1S/C20H17NOS2/c1-23-18-11-7-16(8-12-18)15-21(22)17-9-13-20(14-10-17)24-19-5-3-2-4-6-19/h2-15H,1H3/b21-15-. The third kappa shape index (κ3) is 4.43. The van der Waals surface area contributed by atoms with E-state index in [0.717, 1.165) is 15.2 Å². The van der Waals surface area contributed by atoms with Crippen molar-refractivity contribution in [1.29, 1.82) is 0 Å². The van der Waals surface area contributed by atoms with Crippen LogP contribution < -0.4 is 0 Å². The van der Waals surface area contributed by atoms with E-state index in [4.69, 9.17) is 0 Å². The Labute approximate surface area is 150 Å². The molecule has 3 aromatic rings. The van der Waals surface area contributed by atoms with Crippen molar-refractivity contribution < 1.29 is 4.74 Å². The molecule has 0 radical (unpaired) electrons. The minimum absolute atomic E-state index is 0.626. The lowest BCUT2D eigenvalue weighted by Gasteiger charge is -2.05. The van der Waals surface area contributed by atoms with Gasteiger partial charge in [0.2, 0.25) is 5.69 Å². The zero-order valence-corrected chi connectivity index (χ0v) is 14.9. The molecule has 0 aromatic heterocycles. The zero-order valence-electron chi connectivity index (χ0n) is 13.3. The van der Waals surface area contributed by atoms with Crippen molar-refractivity contribution in [3.63, 3.8) is 0 Å². The van der Waals surface area contributed by atoms with E-state index in [9.17, 15) is 5.21 Å². The van der Waals surface area contributed by atoms with Crippen LogP contribution in [0.5, 0.6) is 0 Å². The molecule has 3 aromatic carbocycles. The molecule has 0 bridgehead atoms. The molecule has 0 fully saturated rings. The average molecular weight is 351 g/mol. The van der Waals surface area contributed by atoms with Gasteiger partial charge in [0, 0.05) is 32.4 Å². The van der Waals surface area contributed by atoms with E-state index >= 15 is 0 Å². The van der Waals surface area contributed by atoms with Crippen molar-refractivity contribution >= 4 is 35.4 Å². The van der Waals surface area contributed by atoms with Gasteiger partial charge in [-0.3, -0.25) is 0 Å². The molecule has 3 rings (SSSR count). The lowest BCUT2D eigenvalue weighted by Crippen LogP contribution is -1.98. The second kappa shape index (κ2) is 8.08. The minimum atomic E-state index is 0.626. The first-order chi connectivity index (χ1) is 11.7. The smallest absolute Gasteiger partial charge is 0.216 e. The summed E-state index contributed by atoms with van der Waals surface area (Å²) in [6.07, 6.45) is 3.64. The summed E-state index contributed by atoms with van der Waals surface area (Å²) in [5.74, 6) is 0. The fourth-order valence-corrected chi connectivity index (χ4v) is 3.43. The molecule has 0 saturated carbocycles. The molecule has 0 heterocycles. The topological polar surface area (TPSA) is 26.1 Å². The van der Waals surface area contributed by atoms with Crippen LogP contribution in [0.25, 0.3) is 0 Å². The van der Waals surface area contributed by atoms with Crippen LogP contribution >= 0.6 is 23.5 Å². The van der Waals surface area contributed by atoms with Crippen LogP contribution in [-0.2, 0) is 0 Å². The highest BCUT2D eigenvalue weighted by Gasteiger charge is 2.04. The Morgan fingerprint density at radius 3 is 1.96 bits per heavy atom. The Hall–Kier alpha value is -2.17. The van der Waals surface area contributed by atoms with Crippen molar-refractivity contribution in [3.05, 3.63) is 89.6 Å². The highest BCUT2D eigenvalue weighted by atomic mass is 32.2. The average Bonchev–Trinajstić information content (AvgIpc) is 2.64.